The van der Waals surface area contributed by atoms with E-state index in [-0.39, 0.29) is 24.0 Å². The van der Waals surface area contributed by atoms with Crippen LogP contribution in [0.1, 0.15) is 35.7 Å². The zero-order valence-electron chi connectivity index (χ0n) is 11.2. The Balaban J connectivity index is 2.64. The van der Waals surface area contributed by atoms with E-state index in [1.807, 2.05) is 0 Å². The van der Waals surface area contributed by atoms with Crippen molar-refractivity contribution in [3.63, 3.8) is 0 Å². The normalized spacial score (nSPS) is 13.1. The lowest BCUT2D eigenvalue weighted by Crippen LogP contribution is -2.33. The number of aliphatic hydroxyl groups is 1. The van der Waals surface area contributed by atoms with Gasteiger partial charge in [0, 0.05) is 12.6 Å². The molecule has 0 aliphatic carbocycles. The van der Waals surface area contributed by atoms with Crippen molar-refractivity contribution >= 4 is 16.0 Å². The molecule has 0 aromatic heterocycles. The number of aliphatic hydroxyl groups excluding tert-OH is 1. The third kappa shape index (κ3) is 5.68. The Hall–Kier alpha value is -1.44. The number of carboxylic acids is 1. The Bertz CT molecular complexity index is 538. The van der Waals surface area contributed by atoms with Crippen molar-refractivity contribution in [3.8, 4) is 0 Å². The van der Waals surface area contributed by atoms with Crippen molar-refractivity contribution in [3.05, 3.63) is 35.4 Å². The quantitative estimate of drug-likeness (QED) is 0.663. The molecule has 20 heavy (non-hydrogen) atoms. The Morgan fingerprint density at radius 2 is 1.90 bits per heavy atom. The van der Waals surface area contributed by atoms with Crippen LogP contribution in [0, 0.1) is 0 Å². The predicted molar refractivity (Wildman–Crippen MR) is 74.9 cm³/mol. The Kier molecular flexibility index (Phi) is 6.12. The zero-order valence-corrected chi connectivity index (χ0v) is 12.1. The molecule has 3 N–H and O–H groups in total. The standard InChI is InChI=1S/C13H19NO5S/c1-10(3-2-8-15)14-20(18,19)9-11-4-6-12(7-5-11)13(16)17/h4-7,10,14-15H,2-3,8-9H2,1H3,(H,16,17). The fraction of sp³-hybridized carbons (Fsp3) is 0.462. The van der Waals surface area contributed by atoms with Crippen LogP contribution in [0.2, 0.25) is 0 Å². The molecule has 1 rings (SSSR count). The highest BCUT2D eigenvalue weighted by molar-refractivity contribution is 7.88. The second kappa shape index (κ2) is 7.37. The van der Waals surface area contributed by atoms with E-state index in [1.54, 1.807) is 6.92 Å². The second-order valence-electron chi connectivity index (χ2n) is 4.65. The van der Waals surface area contributed by atoms with E-state index in [9.17, 15) is 13.2 Å². The maximum absolute atomic E-state index is 11.9. The van der Waals surface area contributed by atoms with Gasteiger partial charge in [0.25, 0.3) is 0 Å². The minimum atomic E-state index is -3.48. The lowest BCUT2D eigenvalue weighted by Gasteiger charge is -2.13. The Morgan fingerprint density at radius 3 is 2.40 bits per heavy atom. The molecule has 1 unspecified atom stereocenters. The highest BCUT2D eigenvalue weighted by Gasteiger charge is 2.15. The van der Waals surface area contributed by atoms with Gasteiger partial charge in [0.15, 0.2) is 0 Å². The number of hydrogen-bond donors (Lipinski definition) is 3. The fourth-order valence-corrected chi connectivity index (χ4v) is 3.21. The van der Waals surface area contributed by atoms with Crippen LogP contribution in [-0.4, -0.2) is 37.2 Å². The first-order valence-electron chi connectivity index (χ1n) is 6.27. The Labute approximate surface area is 118 Å². The summed E-state index contributed by atoms with van der Waals surface area (Å²) in [5, 5.41) is 17.5. The minimum Gasteiger partial charge on any atom is -0.478 e. The van der Waals surface area contributed by atoms with E-state index < -0.39 is 16.0 Å². The molecule has 0 saturated carbocycles. The molecule has 112 valence electrons. The molecular weight excluding hydrogens is 282 g/mol. The summed E-state index contributed by atoms with van der Waals surface area (Å²) in [6.45, 7) is 1.77. The van der Waals surface area contributed by atoms with Gasteiger partial charge >= 0.3 is 5.97 Å². The van der Waals surface area contributed by atoms with Gasteiger partial charge in [-0.2, -0.15) is 0 Å². The van der Waals surface area contributed by atoms with Gasteiger partial charge in [0.05, 0.1) is 11.3 Å². The van der Waals surface area contributed by atoms with E-state index in [0.29, 0.717) is 18.4 Å². The third-order valence-corrected chi connectivity index (χ3v) is 4.21. The number of benzene rings is 1. The van der Waals surface area contributed by atoms with E-state index >= 15 is 0 Å². The van der Waals surface area contributed by atoms with Gasteiger partial charge < -0.3 is 10.2 Å². The van der Waals surface area contributed by atoms with E-state index in [2.05, 4.69) is 4.72 Å². The number of hydrogen-bond acceptors (Lipinski definition) is 4. The number of nitrogens with one attached hydrogen (secondary N) is 1. The molecule has 0 aliphatic rings. The maximum atomic E-state index is 11.9. The van der Waals surface area contributed by atoms with Crippen molar-refractivity contribution < 1.29 is 23.4 Å². The summed E-state index contributed by atoms with van der Waals surface area (Å²) < 4.78 is 26.3. The largest absolute Gasteiger partial charge is 0.478 e. The van der Waals surface area contributed by atoms with Gasteiger partial charge in [0.1, 0.15) is 0 Å². The number of rotatable bonds is 8. The van der Waals surface area contributed by atoms with Crippen molar-refractivity contribution in [1.82, 2.24) is 4.72 Å². The lowest BCUT2D eigenvalue weighted by molar-refractivity contribution is 0.0697. The average molecular weight is 301 g/mol. The van der Waals surface area contributed by atoms with Crippen LogP contribution in [0.15, 0.2) is 24.3 Å². The average Bonchev–Trinajstić information content (AvgIpc) is 2.35. The summed E-state index contributed by atoms with van der Waals surface area (Å²) in [5.41, 5.74) is 0.646. The molecule has 0 saturated heterocycles. The van der Waals surface area contributed by atoms with Gasteiger partial charge in [0.2, 0.25) is 10.0 Å². The monoisotopic (exact) mass is 301 g/mol. The molecule has 0 aliphatic heterocycles. The van der Waals surface area contributed by atoms with Crippen LogP contribution in [-0.2, 0) is 15.8 Å². The van der Waals surface area contributed by atoms with E-state index in [0.717, 1.165) is 0 Å². The van der Waals surface area contributed by atoms with E-state index in [1.165, 1.54) is 24.3 Å². The predicted octanol–water partition coefficient (Wildman–Crippen LogP) is 0.965. The second-order valence-corrected chi connectivity index (χ2v) is 6.40. The van der Waals surface area contributed by atoms with Gasteiger partial charge in [-0.25, -0.2) is 17.9 Å². The fourth-order valence-electron chi connectivity index (χ4n) is 1.77. The van der Waals surface area contributed by atoms with Crippen molar-refractivity contribution in [1.29, 1.82) is 0 Å². The van der Waals surface area contributed by atoms with E-state index in [4.69, 9.17) is 10.2 Å². The van der Waals surface area contributed by atoms with Crippen LogP contribution < -0.4 is 4.72 Å². The molecule has 0 amide bonds. The minimum absolute atomic E-state index is 0.0305. The molecule has 0 bridgehead atoms. The summed E-state index contributed by atoms with van der Waals surface area (Å²) in [7, 11) is -3.48. The van der Waals surface area contributed by atoms with Gasteiger partial charge in [-0.1, -0.05) is 12.1 Å². The first-order valence-corrected chi connectivity index (χ1v) is 7.92. The number of sulfonamides is 1. The topological polar surface area (TPSA) is 104 Å². The highest BCUT2D eigenvalue weighted by Crippen LogP contribution is 2.09. The first kappa shape index (κ1) is 16.6. The molecule has 0 radical (unpaired) electrons. The van der Waals surface area contributed by atoms with Crippen molar-refractivity contribution in [2.75, 3.05) is 6.61 Å². The highest BCUT2D eigenvalue weighted by atomic mass is 32.2. The SMILES string of the molecule is CC(CCCO)NS(=O)(=O)Cc1ccc(C(=O)O)cc1. The number of aromatic carboxylic acids is 1. The van der Waals surface area contributed by atoms with Crippen molar-refractivity contribution in [2.45, 2.75) is 31.6 Å². The number of carboxylic acid groups (broad SMARTS) is 1. The summed E-state index contributed by atoms with van der Waals surface area (Å²) in [6.07, 6.45) is 1.10. The molecule has 1 atom stereocenters. The summed E-state index contributed by atoms with van der Waals surface area (Å²) in [4.78, 5) is 10.7. The first-order chi connectivity index (χ1) is 9.34. The molecule has 0 spiro atoms. The molecule has 1 aromatic rings. The van der Waals surface area contributed by atoms with Crippen LogP contribution in [0.5, 0.6) is 0 Å². The smallest absolute Gasteiger partial charge is 0.335 e. The summed E-state index contributed by atoms with van der Waals surface area (Å²) >= 11 is 0. The molecule has 1 aromatic carbocycles. The van der Waals surface area contributed by atoms with Crippen molar-refractivity contribution in [2.24, 2.45) is 0 Å². The molecular formula is C13H19NO5S. The third-order valence-electron chi connectivity index (χ3n) is 2.73. The van der Waals surface area contributed by atoms with Gasteiger partial charge in [-0.05, 0) is 37.5 Å². The van der Waals surface area contributed by atoms with Crippen LogP contribution in [0.4, 0.5) is 0 Å². The van der Waals surface area contributed by atoms with Crippen LogP contribution in [0.25, 0.3) is 0 Å². The molecule has 6 nitrogen and oxygen atoms in total. The Morgan fingerprint density at radius 1 is 1.30 bits per heavy atom. The molecule has 0 heterocycles. The molecule has 7 heteroatoms. The molecule has 0 fully saturated rings. The lowest BCUT2D eigenvalue weighted by atomic mass is 10.1. The maximum Gasteiger partial charge on any atom is 0.335 e. The number of carbonyl (C=O) groups is 1. The summed E-state index contributed by atoms with van der Waals surface area (Å²) in [6, 6.07) is 5.48. The zero-order chi connectivity index (χ0) is 15.2. The van der Waals surface area contributed by atoms with Crippen LogP contribution in [0.3, 0.4) is 0 Å². The van der Waals surface area contributed by atoms with Crippen LogP contribution >= 0.6 is 0 Å². The van der Waals surface area contributed by atoms with Gasteiger partial charge in [-0.3, -0.25) is 0 Å². The summed E-state index contributed by atoms with van der Waals surface area (Å²) in [5.74, 6) is -1.24. The van der Waals surface area contributed by atoms with Gasteiger partial charge in [-0.15, -0.1) is 0 Å².